The molecular weight excluding hydrogens is 374 g/mol. The number of esters is 1. The number of hydrogen-bond acceptors (Lipinski definition) is 5. The lowest BCUT2D eigenvalue weighted by molar-refractivity contribution is -0.143. The predicted octanol–water partition coefficient (Wildman–Crippen LogP) is 3.68. The van der Waals surface area contributed by atoms with E-state index in [2.05, 4.69) is 10.4 Å². The van der Waals surface area contributed by atoms with Crippen LogP contribution >= 0.6 is 11.3 Å². The number of benzene rings is 1. The first-order valence-electron chi connectivity index (χ1n) is 8.86. The van der Waals surface area contributed by atoms with Crippen LogP contribution in [-0.2, 0) is 14.3 Å². The summed E-state index contributed by atoms with van der Waals surface area (Å²) in [4.78, 5) is 24.5. The van der Waals surface area contributed by atoms with Crippen molar-refractivity contribution in [3.8, 4) is 16.3 Å². The van der Waals surface area contributed by atoms with Crippen LogP contribution in [-0.4, -0.2) is 34.3 Å². The Morgan fingerprint density at radius 3 is 2.68 bits per heavy atom. The van der Waals surface area contributed by atoms with Crippen LogP contribution in [0.5, 0.6) is 0 Å². The van der Waals surface area contributed by atoms with Crippen molar-refractivity contribution in [1.29, 1.82) is 0 Å². The van der Waals surface area contributed by atoms with Crippen LogP contribution in [0.2, 0.25) is 0 Å². The summed E-state index contributed by atoms with van der Waals surface area (Å²) in [5.74, 6) is -0.906. The lowest BCUT2D eigenvalue weighted by Gasteiger charge is -2.07. The summed E-state index contributed by atoms with van der Waals surface area (Å²) in [6.45, 7) is 3.38. The molecule has 1 amide bonds. The van der Waals surface area contributed by atoms with Crippen molar-refractivity contribution in [2.24, 2.45) is 0 Å². The third-order valence-corrected chi connectivity index (χ3v) is 4.59. The van der Waals surface area contributed by atoms with Gasteiger partial charge in [-0.1, -0.05) is 24.3 Å². The second kappa shape index (κ2) is 9.14. The number of hydrogen-bond donors (Lipinski definition) is 1. The molecule has 0 spiro atoms. The minimum atomic E-state index is -0.580. The van der Waals surface area contributed by atoms with Crippen molar-refractivity contribution >= 4 is 29.3 Å². The average Bonchev–Trinajstić information content (AvgIpc) is 3.34. The molecular formula is C21H21N3O3S. The molecule has 0 fully saturated rings. The number of nitrogens with one attached hydrogen (secondary N) is 1. The Morgan fingerprint density at radius 2 is 2.00 bits per heavy atom. The highest BCUT2D eigenvalue weighted by molar-refractivity contribution is 7.13. The monoisotopic (exact) mass is 395 g/mol. The average molecular weight is 395 g/mol. The van der Waals surface area contributed by atoms with Gasteiger partial charge in [-0.25, -0.2) is 9.48 Å². The number of nitrogens with zero attached hydrogens (tertiary/aromatic N) is 2. The fourth-order valence-electron chi connectivity index (χ4n) is 2.53. The molecule has 3 aromatic rings. The second-order valence-electron chi connectivity index (χ2n) is 6.35. The zero-order chi connectivity index (χ0) is 19.9. The Balaban J connectivity index is 1.77. The summed E-state index contributed by atoms with van der Waals surface area (Å²) in [5.41, 5.74) is 2.49. The van der Waals surface area contributed by atoms with Crippen LogP contribution in [0.15, 0.2) is 60.1 Å². The first-order valence-corrected chi connectivity index (χ1v) is 9.74. The molecule has 0 aliphatic heterocycles. The van der Waals surface area contributed by atoms with Crippen molar-refractivity contribution < 1.29 is 14.3 Å². The van der Waals surface area contributed by atoms with Gasteiger partial charge in [0.05, 0.1) is 10.6 Å². The van der Waals surface area contributed by atoms with Crippen LogP contribution in [0.25, 0.3) is 22.3 Å². The molecule has 0 unspecified atom stereocenters. The van der Waals surface area contributed by atoms with Gasteiger partial charge in [0.1, 0.15) is 5.69 Å². The minimum Gasteiger partial charge on any atom is -0.452 e. The van der Waals surface area contributed by atoms with E-state index in [4.69, 9.17) is 4.74 Å². The van der Waals surface area contributed by atoms with Gasteiger partial charge >= 0.3 is 5.97 Å². The summed E-state index contributed by atoms with van der Waals surface area (Å²) < 4.78 is 6.76. The Labute approximate surface area is 167 Å². The Bertz CT molecular complexity index is 960. The van der Waals surface area contributed by atoms with Crippen molar-refractivity contribution in [2.45, 2.75) is 19.9 Å². The standard InChI is InChI=1S/C21H21N3O3S/c1-15(2)22-19(25)14-27-20(26)11-10-16-13-24(17-7-4-3-5-8-17)23-21(16)18-9-6-12-28-18/h3-13,15H,14H2,1-2H3,(H,22,25)/b11-10+. The zero-order valence-corrected chi connectivity index (χ0v) is 16.5. The number of rotatable bonds is 7. The maximum Gasteiger partial charge on any atom is 0.331 e. The molecule has 0 saturated carbocycles. The van der Waals surface area contributed by atoms with Crippen LogP contribution in [0.4, 0.5) is 0 Å². The fourth-order valence-corrected chi connectivity index (χ4v) is 3.26. The van der Waals surface area contributed by atoms with Crippen LogP contribution < -0.4 is 5.32 Å². The Kier molecular flexibility index (Phi) is 6.39. The summed E-state index contributed by atoms with van der Waals surface area (Å²) in [5, 5.41) is 9.31. The van der Waals surface area contributed by atoms with Gasteiger partial charge in [-0.2, -0.15) is 5.10 Å². The third kappa shape index (κ3) is 5.17. The van der Waals surface area contributed by atoms with Crippen molar-refractivity contribution in [2.75, 3.05) is 6.61 Å². The van der Waals surface area contributed by atoms with Gasteiger partial charge in [-0.3, -0.25) is 4.79 Å². The largest absolute Gasteiger partial charge is 0.452 e. The van der Waals surface area contributed by atoms with Gasteiger partial charge in [0.2, 0.25) is 0 Å². The van der Waals surface area contributed by atoms with Gasteiger partial charge in [0.15, 0.2) is 6.61 Å². The first-order chi connectivity index (χ1) is 13.5. The molecule has 0 aliphatic carbocycles. The molecule has 0 radical (unpaired) electrons. The highest BCUT2D eigenvalue weighted by Crippen LogP contribution is 2.28. The minimum absolute atomic E-state index is 0.000997. The number of para-hydroxylation sites is 1. The van der Waals surface area contributed by atoms with Gasteiger partial charge in [0, 0.05) is 23.9 Å². The smallest absolute Gasteiger partial charge is 0.331 e. The summed E-state index contributed by atoms with van der Waals surface area (Å²) >= 11 is 1.57. The van der Waals surface area contributed by atoms with E-state index >= 15 is 0 Å². The van der Waals surface area contributed by atoms with Gasteiger partial charge in [0.25, 0.3) is 5.91 Å². The molecule has 0 saturated heterocycles. The lowest BCUT2D eigenvalue weighted by atomic mass is 10.2. The van der Waals surface area contributed by atoms with Crippen molar-refractivity contribution in [3.05, 3.63) is 65.7 Å². The van der Waals surface area contributed by atoms with Crippen LogP contribution in [0, 0.1) is 0 Å². The van der Waals surface area contributed by atoms with Crippen LogP contribution in [0.1, 0.15) is 19.4 Å². The summed E-state index contributed by atoms with van der Waals surface area (Å²) in [6.07, 6.45) is 4.83. The number of carbonyl (C=O) groups excluding carboxylic acids is 2. The van der Waals surface area contributed by atoms with E-state index in [1.165, 1.54) is 6.08 Å². The van der Waals surface area contributed by atoms with Crippen LogP contribution in [0.3, 0.4) is 0 Å². The van der Waals surface area contributed by atoms with Gasteiger partial charge < -0.3 is 10.1 Å². The molecule has 0 atom stereocenters. The maximum absolute atomic E-state index is 12.0. The molecule has 3 rings (SSSR count). The molecule has 0 bridgehead atoms. The molecule has 1 aromatic carbocycles. The summed E-state index contributed by atoms with van der Waals surface area (Å²) in [7, 11) is 0. The van der Waals surface area contributed by atoms with Gasteiger partial charge in [-0.05, 0) is 43.5 Å². The summed E-state index contributed by atoms with van der Waals surface area (Å²) in [6, 6.07) is 13.7. The van der Waals surface area contributed by atoms with E-state index in [-0.39, 0.29) is 18.6 Å². The van der Waals surface area contributed by atoms with E-state index in [1.807, 2.05) is 67.9 Å². The molecule has 2 aromatic heterocycles. The quantitative estimate of drug-likeness (QED) is 0.489. The highest BCUT2D eigenvalue weighted by Gasteiger charge is 2.12. The first kappa shape index (κ1) is 19.6. The Hall–Kier alpha value is -3.19. The zero-order valence-electron chi connectivity index (χ0n) is 15.7. The van der Waals surface area contributed by atoms with E-state index in [0.29, 0.717) is 0 Å². The topological polar surface area (TPSA) is 73.2 Å². The maximum atomic E-state index is 12.0. The van der Waals surface area contributed by atoms with Crippen molar-refractivity contribution in [1.82, 2.24) is 15.1 Å². The fraction of sp³-hybridized carbons (Fsp3) is 0.190. The number of carbonyl (C=O) groups is 2. The lowest BCUT2D eigenvalue weighted by Crippen LogP contribution is -2.33. The van der Waals surface area contributed by atoms with Gasteiger partial charge in [-0.15, -0.1) is 11.3 Å². The molecule has 0 aliphatic rings. The number of amides is 1. The molecule has 1 N–H and O–H groups in total. The Morgan fingerprint density at radius 1 is 1.21 bits per heavy atom. The molecule has 7 heteroatoms. The molecule has 144 valence electrons. The number of aromatic nitrogens is 2. The molecule has 2 heterocycles. The van der Waals surface area contributed by atoms with E-state index < -0.39 is 5.97 Å². The number of thiophene rings is 1. The molecule has 28 heavy (non-hydrogen) atoms. The van der Waals surface area contributed by atoms with E-state index in [0.717, 1.165) is 21.8 Å². The normalized spacial score (nSPS) is 11.1. The predicted molar refractivity (Wildman–Crippen MR) is 110 cm³/mol. The third-order valence-electron chi connectivity index (χ3n) is 3.71. The van der Waals surface area contributed by atoms with E-state index in [1.54, 1.807) is 22.1 Å². The number of ether oxygens (including phenoxy) is 1. The van der Waals surface area contributed by atoms with E-state index in [9.17, 15) is 9.59 Å². The second-order valence-corrected chi connectivity index (χ2v) is 7.30. The highest BCUT2D eigenvalue weighted by atomic mass is 32.1. The SMILES string of the molecule is CC(C)NC(=O)COC(=O)/C=C/c1cn(-c2ccccc2)nc1-c1cccs1. The molecule has 6 nitrogen and oxygen atoms in total. The van der Waals surface area contributed by atoms with Crippen molar-refractivity contribution in [3.63, 3.8) is 0 Å².